The van der Waals surface area contributed by atoms with Crippen LogP contribution in [-0.2, 0) is 30.4 Å². The van der Waals surface area contributed by atoms with Crippen LogP contribution in [0, 0.1) is 0 Å². The molecule has 15 heteroatoms. The fourth-order valence-corrected chi connectivity index (χ4v) is 2.67. The lowest BCUT2D eigenvalue weighted by molar-refractivity contribution is -0.145. The number of carbonyl (C=O) groups is 5. The Morgan fingerprint density at radius 3 is 2.18 bits per heavy atom. The zero-order chi connectivity index (χ0) is 25.1. The zero-order valence-corrected chi connectivity index (χ0v) is 17.9. The number of amides is 4. The van der Waals surface area contributed by atoms with Crippen molar-refractivity contribution in [1.29, 1.82) is 0 Å². The highest BCUT2D eigenvalue weighted by Crippen LogP contribution is 2.03. The van der Waals surface area contributed by atoms with Gasteiger partial charge in [-0.05, 0) is 13.3 Å². The van der Waals surface area contributed by atoms with Gasteiger partial charge in [0.05, 0.1) is 25.1 Å². The summed E-state index contributed by atoms with van der Waals surface area (Å²) >= 11 is 0. The van der Waals surface area contributed by atoms with Crippen molar-refractivity contribution in [3.05, 3.63) is 18.2 Å². The molecule has 1 aromatic rings. The summed E-state index contributed by atoms with van der Waals surface area (Å²) in [7, 11) is 0. The molecule has 1 rings (SSSR count). The van der Waals surface area contributed by atoms with Gasteiger partial charge in [0.25, 0.3) is 0 Å². The van der Waals surface area contributed by atoms with E-state index in [-0.39, 0.29) is 19.3 Å². The van der Waals surface area contributed by atoms with Gasteiger partial charge in [0.2, 0.25) is 23.6 Å². The second-order valence-electron chi connectivity index (χ2n) is 7.26. The minimum Gasteiger partial charge on any atom is -0.480 e. The van der Waals surface area contributed by atoms with E-state index in [1.807, 2.05) is 5.32 Å². The number of aromatic amines is 1. The van der Waals surface area contributed by atoms with E-state index in [4.69, 9.17) is 16.6 Å². The topological polar surface area (TPSA) is 263 Å². The van der Waals surface area contributed by atoms with Crippen LogP contribution in [-0.4, -0.2) is 91.8 Å². The van der Waals surface area contributed by atoms with Gasteiger partial charge in [0.15, 0.2) is 6.04 Å². The molecule has 0 spiro atoms. The molecule has 15 nitrogen and oxygen atoms in total. The summed E-state index contributed by atoms with van der Waals surface area (Å²) in [5.74, 6) is -5.05. The lowest BCUT2D eigenvalue weighted by Gasteiger charge is -2.24. The van der Waals surface area contributed by atoms with Gasteiger partial charge in [-0.3, -0.25) is 19.2 Å². The second-order valence-corrected chi connectivity index (χ2v) is 7.26. The number of carbonyl (C=O) groups excluding carboxylic acids is 4. The third-order valence-electron chi connectivity index (χ3n) is 4.51. The number of carboxylic acid groups (broad SMARTS) is 1. The van der Waals surface area contributed by atoms with Crippen molar-refractivity contribution >= 4 is 29.6 Å². The highest BCUT2D eigenvalue weighted by Gasteiger charge is 2.31. The van der Waals surface area contributed by atoms with Crippen molar-refractivity contribution in [2.75, 3.05) is 6.61 Å². The van der Waals surface area contributed by atoms with Crippen LogP contribution in [0.15, 0.2) is 12.5 Å². The summed E-state index contributed by atoms with van der Waals surface area (Å²) in [5.41, 5.74) is 11.5. The van der Waals surface area contributed by atoms with Crippen LogP contribution in [0.2, 0.25) is 0 Å². The Balaban J connectivity index is 2.86. The number of aromatic nitrogens is 2. The average molecular weight is 471 g/mol. The number of aliphatic hydroxyl groups is 2. The highest BCUT2D eigenvalue weighted by atomic mass is 16.4. The minimum absolute atomic E-state index is 0.0770. The van der Waals surface area contributed by atoms with E-state index in [0.29, 0.717) is 5.69 Å². The SMILES string of the molecule is CC(O)C(NC(=O)C(CO)NC(=O)C(CCC(N)=O)NC(=O)C(N)Cc1cnc[nH]1)C(=O)O. The van der Waals surface area contributed by atoms with Crippen molar-refractivity contribution in [2.45, 2.75) is 56.5 Å². The van der Waals surface area contributed by atoms with Gasteiger partial charge >= 0.3 is 5.97 Å². The van der Waals surface area contributed by atoms with Crippen molar-refractivity contribution in [2.24, 2.45) is 11.5 Å². The van der Waals surface area contributed by atoms with E-state index in [1.54, 1.807) is 0 Å². The van der Waals surface area contributed by atoms with E-state index in [2.05, 4.69) is 20.6 Å². The molecule has 0 radical (unpaired) electrons. The summed E-state index contributed by atoms with van der Waals surface area (Å²) in [6.45, 7) is 0.215. The number of nitrogens with zero attached hydrogens (tertiary/aromatic N) is 1. The smallest absolute Gasteiger partial charge is 0.328 e. The quantitative estimate of drug-likeness (QED) is 0.125. The molecular weight excluding hydrogens is 442 g/mol. The largest absolute Gasteiger partial charge is 0.480 e. The van der Waals surface area contributed by atoms with E-state index >= 15 is 0 Å². The maximum Gasteiger partial charge on any atom is 0.328 e. The van der Waals surface area contributed by atoms with Gasteiger partial charge in [-0.25, -0.2) is 9.78 Å². The molecule has 4 amide bonds. The molecule has 0 aliphatic rings. The normalized spacial score (nSPS) is 15.4. The Morgan fingerprint density at radius 1 is 1.09 bits per heavy atom. The predicted molar refractivity (Wildman–Crippen MR) is 111 cm³/mol. The van der Waals surface area contributed by atoms with Gasteiger partial charge in [-0.2, -0.15) is 0 Å². The molecule has 0 fully saturated rings. The molecule has 0 saturated carbocycles. The standard InChI is InChI=1S/C18H29N7O8/c1-8(27)14(18(32)33)25-17(31)12(6-26)24-16(30)11(2-3-13(20)28)23-15(29)10(19)4-9-5-21-7-22-9/h5,7-8,10-12,14,26-27H,2-4,6,19H2,1H3,(H2,20,28)(H,21,22)(H,23,29)(H,24,30)(H,25,31)(H,32,33). The predicted octanol–water partition coefficient (Wildman–Crippen LogP) is -4.54. The molecule has 184 valence electrons. The molecule has 1 heterocycles. The summed E-state index contributed by atoms with van der Waals surface area (Å²) < 4.78 is 0. The Bertz CT molecular complexity index is 830. The Hall–Kier alpha value is -3.56. The molecule has 1 aromatic heterocycles. The molecule has 5 unspecified atom stereocenters. The molecule has 11 N–H and O–H groups in total. The van der Waals surface area contributed by atoms with Crippen molar-refractivity contribution < 1.29 is 39.3 Å². The highest BCUT2D eigenvalue weighted by molar-refractivity contribution is 5.94. The average Bonchev–Trinajstić information content (AvgIpc) is 3.24. The lowest BCUT2D eigenvalue weighted by atomic mass is 10.1. The van der Waals surface area contributed by atoms with Gasteiger partial charge in [0, 0.05) is 24.7 Å². The van der Waals surface area contributed by atoms with E-state index in [1.165, 1.54) is 12.5 Å². The summed E-state index contributed by atoms with van der Waals surface area (Å²) in [6.07, 6.45) is 0.970. The third-order valence-corrected chi connectivity index (χ3v) is 4.51. The summed E-state index contributed by atoms with van der Waals surface area (Å²) in [5, 5.41) is 34.5. The second kappa shape index (κ2) is 13.1. The number of carboxylic acids is 1. The monoisotopic (exact) mass is 471 g/mol. The lowest BCUT2D eigenvalue weighted by Crippen LogP contribution is -2.59. The Morgan fingerprint density at radius 2 is 1.70 bits per heavy atom. The van der Waals surface area contributed by atoms with Crippen LogP contribution in [0.1, 0.15) is 25.5 Å². The van der Waals surface area contributed by atoms with E-state index < -0.39 is 66.5 Å². The van der Waals surface area contributed by atoms with Crippen LogP contribution in [0.5, 0.6) is 0 Å². The van der Waals surface area contributed by atoms with Crippen molar-refractivity contribution in [3.63, 3.8) is 0 Å². The van der Waals surface area contributed by atoms with E-state index in [0.717, 1.165) is 6.92 Å². The number of nitrogens with two attached hydrogens (primary N) is 2. The first-order valence-electron chi connectivity index (χ1n) is 9.90. The number of rotatable bonds is 14. The zero-order valence-electron chi connectivity index (χ0n) is 17.9. The number of imidazole rings is 1. The number of nitrogens with one attached hydrogen (secondary N) is 4. The number of aliphatic carboxylic acids is 1. The van der Waals surface area contributed by atoms with Crippen molar-refractivity contribution in [1.82, 2.24) is 25.9 Å². The molecule has 0 aliphatic carbocycles. The number of primary amides is 1. The maximum atomic E-state index is 12.7. The number of H-pyrrole nitrogens is 1. The fraction of sp³-hybridized carbons (Fsp3) is 0.556. The number of hydrogen-bond donors (Lipinski definition) is 9. The summed E-state index contributed by atoms with van der Waals surface area (Å²) in [6, 6.07) is -5.71. The third kappa shape index (κ3) is 9.22. The van der Waals surface area contributed by atoms with E-state index in [9.17, 15) is 34.2 Å². The summed E-state index contributed by atoms with van der Waals surface area (Å²) in [4.78, 5) is 66.2. The Kier molecular flexibility index (Phi) is 10.9. The van der Waals surface area contributed by atoms with Crippen LogP contribution in [0.3, 0.4) is 0 Å². The molecule has 5 atom stereocenters. The van der Waals surface area contributed by atoms with Gasteiger partial charge in [-0.15, -0.1) is 0 Å². The van der Waals surface area contributed by atoms with Gasteiger partial charge in [0.1, 0.15) is 12.1 Å². The molecule has 33 heavy (non-hydrogen) atoms. The number of aliphatic hydroxyl groups excluding tert-OH is 2. The molecule has 0 bridgehead atoms. The van der Waals surface area contributed by atoms with Gasteiger partial charge in [-0.1, -0.05) is 0 Å². The van der Waals surface area contributed by atoms with Crippen LogP contribution in [0.25, 0.3) is 0 Å². The minimum atomic E-state index is -1.69. The first kappa shape index (κ1) is 27.5. The maximum absolute atomic E-state index is 12.7. The first-order valence-corrected chi connectivity index (χ1v) is 9.90. The molecule has 0 aromatic carbocycles. The molecular formula is C18H29N7O8. The van der Waals surface area contributed by atoms with Crippen molar-refractivity contribution in [3.8, 4) is 0 Å². The van der Waals surface area contributed by atoms with Gasteiger partial charge < -0.3 is 47.7 Å². The van der Waals surface area contributed by atoms with Crippen LogP contribution >= 0.6 is 0 Å². The Labute approximate surface area is 188 Å². The molecule has 0 saturated heterocycles. The fourth-order valence-electron chi connectivity index (χ4n) is 2.67. The molecule has 0 aliphatic heterocycles. The van der Waals surface area contributed by atoms with Crippen LogP contribution < -0.4 is 27.4 Å². The van der Waals surface area contributed by atoms with Crippen LogP contribution in [0.4, 0.5) is 0 Å². The first-order chi connectivity index (χ1) is 15.5. The number of hydrogen-bond acceptors (Lipinski definition) is 9.